The van der Waals surface area contributed by atoms with E-state index in [1.165, 1.54) is 38.5 Å². The van der Waals surface area contributed by atoms with E-state index in [2.05, 4.69) is 0 Å². The first-order valence-corrected chi connectivity index (χ1v) is 7.62. The zero-order chi connectivity index (χ0) is 12.3. The molecular formula is C16H23NO. The third-order valence-electron chi connectivity index (χ3n) is 6.23. The van der Waals surface area contributed by atoms with Gasteiger partial charge in [0.2, 0.25) is 0 Å². The van der Waals surface area contributed by atoms with Crippen LogP contribution in [0.4, 0.5) is 0 Å². The number of carbonyl (C=O) groups excluding carboxylic acids is 1. The van der Waals surface area contributed by atoms with Crippen molar-refractivity contribution in [2.75, 3.05) is 0 Å². The molecular weight excluding hydrogens is 222 g/mol. The van der Waals surface area contributed by atoms with E-state index in [-0.39, 0.29) is 5.78 Å². The molecule has 1 atom stereocenters. The quantitative estimate of drug-likeness (QED) is 0.771. The van der Waals surface area contributed by atoms with Gasteiger partial charge in [0.25, 0.3) is 0 Å². The minimum absolute atomic E-state index is 0.277. The molecule has 0 amide bonds. The summed E-state index contributed by atoms with van der Waals surface area (Å²) in [6.45, 7) is 0. The molecule has 5 rings (SSSR count). The molecule has 18 heavy (non-hydrogen) atoms. The van der Waals surface area contributed by atoms with E-state index in [4.69, 9.17) is 5.73 Å². The number of nitrogens with two attached hydrogens (primary N) is 1. The monoisotopic (exact) mass is 245 g/mol. The first-order valence-electron chi connectivity index (χ1n) is 7.62. The van der Waals surface area contributed by atoms with Crippen LogP contribution in [0.2, 0.25) is 0 Å². The Kier molecular flexibility index (Phi) is 2.22. The van der Waals surface area contributed by atoms with Crippen molar-refractivity contribution in [1.29, 1.82) is 0 Å². The van der Waals surface area contributed by atoms with E-state index in [0.717, 1.165) is 36.3 Å². The van der Waals surface area contributed by atoms with E-state index < -0.39 is 0 Å². The molecule has 0 aromatic carbocycles. The van der Waals surface area contributed by atoms with Crippen LogP contribution in [0.15, 0.2) is 11.8 Å². The predicted molar refractivity (Wildman–Crippen MR) is 70.6 cm³/mol. The fourth-order valence-electron chi connectivity index (χ4n) is 6.03. The molecule has 2 nitrogen and oxygen atoms in total. The fraction of sp³-hybridized carbons (Fsp3) is 0.812. The largest absolute Gasteiger partial charge is 0.402 e. The summed E-state index contributed by atoms with van der Waals surface area (Å²) >= 11 is 0. The average Bonchev–Trinajstić information content (AvgIpc) is 2.25. The maximum atomic E-state index is 11.8. The van der Waals surface area contributed by atoms with Gasteiger partial charge in [-0.1, -0.05) is 0 Å². The number of hydrogen-bond donors (Lipinski definition) is 1. The molecule has 0 saturated heterocycles. The molecule has 0 spiro atoms. The number of ketones is 1. The lowest BCUT2D eigenvalue weighted by atomic mass is 9.45. The van der Waals surface area contributed by atoms with Crippen molar-refractivity contribution in [3.05, 3.63) is 11.8 Å². The van der Waals surface area contributed by atoms with Crippen LogP contribution in [-0.2, 0) is 4.79 Å². The highest BCUT2D eigenvalue weighted by molar-refractivity contribution is 5.91. The summed E-state index contributed by atoms with van der Waals surface area (Å²) < 4.78 is 0. The van der Waals surface area contributed by atoms with Gasteiger partial charge < -0.3 is 5.73 Å². The number of allylic oxidation sites excluding steroid dienone is 2. The van der Waals surface area contributed by atoms with Crippen LogP contribution in [-0.4, -0.2) is 5.78 Å². The average molecular weight is 245 g/mol. The Morgan fingerprint density at radius 1 is 1.00 bits per heavy atom. The van der Waals surface area contributed by atoms with E-state index in [1.807, 2.05) is 0 Å². The highest BCUT2D eigenvalue weighted by atomic mass is 16.1. The van der Waals surface area contributed by atoms with Crippen LogP contribution in [0.5, 0.6) is 0 Å². The minimum Gasteiger partial charge on any atom is -0.402 e. The van der Waals surface area contributed by atoms with E-state index >= 15 is 0 Å². The Morgan fingerprint density at radius 3 is 2.06 bits per heavy atom. The van der Waals surface area contributed by atoms with Crippen molar-refractivity contribution < 1.29 is 4.79 Å². The van der Waals surface area contributed by atoms with Crippen molar-refractivity contribution in [1.82, 2.24) is 0 Å². The normalized spacial score (nSPS) is 50.4. The summed E-state index contributed by atoms with van der Waals surface area (Å²) in [6.07, 6.45) is 12.0. The van der Waals surface area contributed by atoms with Crippen molar-refractivity contribution in [2.45, 2.75) is 51.4 Å². The zero-order valence-corrected chi connectivity index (χ0v) is 11.0. The number of hydrogen-bond acceptors (Lipinski definition) is 2. The van der Waals surface area contributed by atoms with Crippen molar-refractivity contribution in [2.24, 2.45) is 34.8 Å². The summed E-state index contributed by atoms with van der Waals surface area (Å²) in [5.74, 6) is 3.75. The standard InChI is InChI=1S/C16H23NO/c17-14-4-13(5-15(18)6-14)16-7-10-1-11(8-16)3-12(2-10)9-16/h6,10-13H,1-5,7-9,17H2. The Labute approximate surface area is 109 Å². The molecule has 0 aliphatic heterocycles. The lowest BCUT2D eigenvalue weighted by molar-refractivity contribution is -0.123. The number of rotatable bonds is 1. The molecule has 5 aliphatic rings. The van der Waals surface area contributed by atoms with Gasteiger partial charge in [-0.25, -0.2) is 0 Å². The van der Waals surface area contributed by atoms with E-state index in [1.54, 1.807) is 6.08 Å². The molecule has 5 aliphatic carbocycles. The third kappa shape index (κ3) is 1.57. The summed E-state index contributed by atoms with van der Waals surface area (Å²) in [6, 6.07) is 0. The molecule has 0 heterocycles. The van der Waals surface area contributed by atoms with Gasteiger partial charge in [-0.05, 0) is 80.1 Å². The van der Waals surface area contributed by atoms with Crippen molar-refractivity contribution in [3.63, 3.8) is 0 Å². The van der Waals surface area contributed by atoms with Crippen molar-refractivity contribution in [3.8, 4) is 0 Å². The zero-order valence-electron chi connectivity index (χ0n) is 11.0. The smallest absolute Gasteiger partial charge is 0.157 e. The van der Waals surface area contributed by atoms with Crippen LogP contribution in [0.1, 0.15) is 51.4 Å². The molecule has 4 saturated carbocycles. The molecule has 2 heteroatoms. The Hall–Kier alpha value is -0.790. The van der Waals surface area contributed by atoms with Gasteiger partial charge in [-0.3, -0.25) is 4.79 Å². The first-order chi connectivity index (χ1) is 8.63. The van der Waals surface area contributed by atoms with Crippen LogP contribution < -0.4 is 5.73 Å². The SMILES string of the molecule is NC1=CC(=O)CC(C23CC4CC(CC(C4)C2)C3)C1. The maximum Gasteiger partial charge on any atom is 0.157 e. The second-order valence-corrected chi connectivity index (χ2v) is 7.57. The van der Waals surface area contributed by atoms with Gasteiger partial charge in [0.15, 0.2) is 5.78 Å². The van der Waals surface area contributed by atoms with Gasteiger partial charge in [0, 0.05) is 12.1 Å². The molecule has 0 radical (unpaired) electrons. The van der Waals surface area contributed by atoms with Crippen LogP contribution >= 0.6 is 0 Å². The van der Waals surface area contributed by atoms with Gasteiger partial charge in [0.1, 0.15) is 0 Å². The topological polar surface area (TPSA) is 43.1 Å². The molecule has 98 valence electrons. The Morgan fingerprint density at radius 2 is 1.56 bits per heavy atom. The summed E-state index contributed by atoms with van der Waals surface area (Å²) in [7, 11) is 0. The first kappa shape index (κ1) is 11.1. The molecule has 4 bridgehead atoms. The Bertz CT molecular complexity index is 388. The Balaban J connectivity index is 1.64. The molecule has 4 fully saturated rings. The second-order valence-electron chi connectivity index (χ2n) is 7.57. The molecule has 0 aromatic heterocycles. The highest BCUT2D eigenvalue weighted by Gasteiger charge is 2.54. The van der Waals surface area contributed by atoms with Gasteiger partial charge in [-0.15, -0.1) is 0 Å². The molecule has 2 N–H and O–H groups in total. The van der Waals surface area contributed by atoms with E-state index in [0.29, 0.717) is 11.3 Å². The molecule has 1 unspecified atom stereocenters. The number of carbonyl (C=O) groups is 1. The predicted octanol–water partition coefficient (Wildman–Crippen LogP) is 3.02. The fourth-order valence-corrected chi connectivity index (χ4v) is 6.03. The van der Waals surface area contributed by atoms with Crippen LogP contribution in [0.3, 0.4) is 0 Å². The lowest BCUT2D eigenvalue weighted by Crippen LogP contribution is -2.50. The second kappa shape index (κ2) is 3.61. The molecule has 0 aromatic rings. The van der Waals surface area contributed by atoms with Gasteiger partial charge in [-0.2, -0.15) is 0 Å². The maximum absolute atomic E-state index is 11.8. The van der Waals surface area contributed by atoms with Crippen LogP contribution in [0.25, 0.3) is 0 Å². The summed E-state index contributed by atoms with van der Waals surface area (Å²) in [4.78, 5) is 11.8. The van der Waals surface area contributed by atoms with Gasteiger partial charge in [0.05, 0.1) is 0 Å². The van der Waals surface area contributed by atoms with Gasteiger partial charge >= 0.3 is 0 Å². The summed E-state index contributed by atoms with van der Waals surface area (Å²) in [5.41, 5.74) is 7.30. The van der Waals surface area contributed by atoms with Crippen LogP contribution in [0, 0.1) is 29.1 Å². The lowest BCUT2D eigenvalue weighted by Gasteiger charge is -2.60. The van der Waals surface area contributed by atoms with Crippen molar-refractivity contribution >= 4 is 5.78 Å². The highest BCUT2D eigenvalue weighted by Crippen LogP contribution is 2.64. The van der Waals surface area contributed by atoms with E-state index in [9.17, 15) is 4.79 Å². The minimum atomic E-state index is 0.277. The summed E-state index contributed by atoms with van der Waals surface area (Å²) in [5, 5.41) is 0. The third-order valence-corrected chi connectivity index (χ3v) is 6.23.